The highest BCUT2D eigenvalue weighted by Gasteiger charge is 2.09. The molecule has 26 heavy (non-hydrogen) atoms. The van der Waals surface area contributed by atoms with Crippen molar-refractivity contribution in [3.63, 3.8) is 0 Å². The first-order valence-corrected chi connectivity index (χ1v) is 7.71. The maximum Gasteiger partial charge on any atom is 0.255 e. The molecule has 1 heterocycles. The molecule has 0 aliphatic heterocycles. The third-order valence-electron chi connectivity index (χ3n) is 3.47. The number of rotatable bonds is 6. The zero-order valence-corrected chi connectivity index (χ0v) is 13.9. The van der Waals surface area contributed by atoms with Crippen molar-refractivity contribution in [1.82, 2.24) is 20.2 Å². The van der Waals surface area contributed by atoms with Gasteiger partial charge in [-0.15, -0.1) is 5.10 Å². The first-order valence-electron chi connectivity index (χ1n) is 7.71. The number of benzene rings is 2. The number of nitrogens with two attached hydrogens (primary N) is 1. The molecule has 0 fully saturated rings. The van der Waals surface area contributed by atoms with E-state index in [1.807, 2.05) is 6.07 Å². The quantitative estimate of drug-likeness (QED) is 0.684. The Morgan fingerprint density at radius 1 is 1.19 bits per heavy atom. The van der Waals surface area contributed by atoms with Crippen LogP contribution in [0.1, 0.15) is 16.2 Å². The van der Waals surface area contributed by atoms with Crippen LogP contribution >= 0.6 is 0 Å². The van der Waals surface area contributed by atoms with Gasteiger partial charge in [0, 0.05) is 11.3 Å². The van der Waals surface area contributed by atoms with Gasteiger partial charge in [0.1, 0.15) is 5.75 Å². The number of hydrogen-bond donors (Lipinski definition) is 2. The number of ether oxygens (including phenoxy) is 1. The second-order valence-electron chi connectivity index (χ2n) is 5.42. The highest BCUT2D eigenvalue weighted by atomic mass is 16.5. The van der Waals surface area contributed by atoms with Crippen LogP contribution < -0.4 is 15.8 Å². The maximum absolute atomic E-state index is 12.4. The van der Waals surface area contributed by atoms with E-state index in [1.54, 1.807) is 54.1 Å². The number of aryl methyl sites for hydroxylation is 1. The molecule has 2 aromatic carbocycles. The van der Waals surface area contributed by atoms with Gasteiger partial charge >= 0.3 is 0 Å². The smallest absolute Gasteiger partial charge is 0.255 e. The van der Waals surface area contributed by atoms with Crippen LogP contribution in [0.2, 0.25) is 0 Å². The summed E-state index contributed by atoms with van der Waals surface area (Å²) in [5, 5.41) is 14.2. The molecule has 1 aromatic heterocycles. The van der Waals surface area contributed by atoms with E-state index in [0.717, 1.165) is 5.69 Å². The number of anilines is 1. The molecule has 3 rings (SSSR count). The lowest BCUT2D eigenvalue weighted by atomic mass is 10.2. The molecule has 0 unspecified atom stereocenters. The predicted octanol–water partition coefficient (Wildman–Crippen LogP) is 1.09. The first-order chi connectivity index (χ1) is 12.5. The number of tetrazole rings is 1. The number of carbonyl (C=O) groups is 2. The Hall–Kier alpha value is -3.75. The van der Waals surface area contributed by atoms with E-state index in [-0.39, 0.29) is 12.5 Å². The van der Waals surface area contributed by atoms with Gasteiger partial charge in [0.2, 0.25) is 0 Å². The molecule has 0 bridgehead atoms. The highest BCUT2D eigenvalue weighted by Crippen LogP contribution is 2.17. The zero-order chi connectivity index (χ0) is 18.5. The van der Waals surface area contributed by atoms with E-state index in [4.69, 9.17) is 10.5 Å². The van der Waals surface area contributed by atoms with Crippen molar-refractivity contribution in [1.29, 1.82) is 0 Å². The minimum Gasteiger partial charge on any atom is -0.484 e. The average molecular weight is 352 g/mol. The largest absolute Gasteiger partial charge is 0.484 e. The molecule has 0 radical (unpaired) electrons. The lowest BCUT2D eigenvalue weighted by molar-refractivity contribution is -0.119. The molecule has 132 valence electrons. The number of nitrogens with zero attached hydrogens (tertiary/aromatic N) is 4. The van der Waals surface area contributed by atoms with Gasteiger partial charge in [0.15, 0.2) is 12.4 Å². The van der Waals surface area contributed by atoms with Crippen molar-refractivity contribution < 1.29 is 14.3 Å². The third kappa shape index (κ3) is 4.01. The molecular formula is C17H16N6O3. The molecule has 0 aliphatic rings. The van der Waals surface area contributed by atoms with Crippen molar-refractivity contribution in [2.75, 3.05) is 11.9 Å². The standard InChI is InChI=1S/C17H16N6O3/c1-11-20-21-22-23(11)14-4-2-3-13(9-14)19-17(25)12-5-7-15(8-6-12)26-10-16(18)24/h2-9H,10H2,1H3,(H2,18,24)(H,19,25). The van der Waals surface area contributed by atoms with E-state index in [9.17, 15) is 9.59 Å². The average Bonchev–Trinajstić information content (AvgIpc) is 3.06. The van der Waals surface area contributed by atoms with Gasteiger partial charge in [0.25, 0.3) is 11.8 Å². The fourth-order valence-electron chi connectivity index (χ4n) is 2.25. The summed E-state index contributed by atoms with van der Waals surface area (Å²) in [6.45, 7) is 1.57. The van der Waals surface area contributed by atoms with E-state index in [0.29, 0.717) is 22.8 Å². The predicted molar refractivity (Wildman–Crippen MR) is 93.0 cm³/mol. The molecule has 0 aliphatic carbocycles. The van der Waals surface area contributed by atoms with Crippen LogP contribution in [0, 0.1) is 6.92 Å². The van der Waals surface area contributed by atoms with E-state index < -0.39 is 5.91 Å². The Balaban J connectivity index is 1.70. The minimum atomic E-state index is -0.565. The fraction of sp³-hybridized carbons (Fsp3) is 0.118. The summed E-state index contributed by atoms with van der Waals surface area (Å²) in [5.41, 5.74) is 6.81. The normalized spacial score (nSPS) is 10.3. The minimum absolute atomic E-state index is 0.213. The number of amides is 2. The van der Waals surface area contributed by atoms with Gasteiger partial charge in [-0.05, 0) is 59.8 Å². The summed E-state index contributed by atoms with van der Waals surface area (Å²) in [4.78, 5) is 23.1. The van der Waals surface area contributed by atoms with Gasteiger partial charge in [0.05, 0.1) is 5.69 Å². The lowest BCUT2D eigenvalue weighted by Crippen LogP contribution is -2.20. The van der Waals surface area contributed by atoms with Gasteiger partial charge in [-0.2, -0.15) is 4.68 Å². The molecular weight excluding hydrogens is 336 g/mol. The SMILES string of the molecule is Cc1nnnn1-c1cccc(NC(=O)c2ccc(OCC(N)=O)cc2)c1. The Bertz CT molecular complexity index is 936. The van der Waals surface area contributed by atoms with E-state index in [2.05, 4.69) is 20.8 Å². The number of nitrogens with one attached hydrogen (secondary N) is 1. The van der Waals surface area contributed by atoms with Crippen LogP contribution in [0.3, 0.4) is 0 Å². The maximum atomic E-state index is 12.4. The van der Waals surface area contributed by atoms with Crippen molar-refractivity contribution in [2.45, 2.75) is 6.92 Å². The molecule has 0 spiro atoms. The molecule has 3 N–H and O–H groups in total. The van der Waals surface area contributed by atoms with E-state index in [1.165, 1.54) is 0 Å². The second-order valence-corrected chi connectivity index (χ2v) is 5.42. The number of hydrogen-bond acceptors (Lipinski definition) is 6. The fourth-order valence-corrected chi connectivity index (χ4v) is 2.25. The van der Waals surface area contributed by atoms with Crippen LogP contribution in [0.15, 0.2) is 48.5 Å². The van der Waals surface area contributed by atoms with Gasteiger partial charge in [-0.3, -0.25) is 9.59 Å². The Morgan fingerprint density at radius 3 is 2.62 bits per heavy atom. The Morgan fingerprint density at radius 2 is 1.96 bits per heavy atom. The van der Waals surface area contributed by atoms with Crippen molar-refractivity contribution in [2.24, 2.45) is 5.73 Å². The summed E-state index contributed by atoms with van der Waals surface area (Å²) in [6, 6.07) is 13.6. The molecule has 2 amide bonds. The molecule has 9 nitrogen and oxygen atoms in total. The molecule has 9 heteroatoms. The summed E-state index contributed by atoms with van der Waals surface area (Å²) < 4.78 is 6.73. The van der Waals surface area contributed by atoms with Gasteiger partial charge in [-0.1, -0.05) is 6.07 Å². The van der Waals surface area contributed by atoms with Crippen LogP contribution in [0.4, 0.5) is 5.69 Å². The number of primary amides is 1. The highest BCUT2D eigenvalue weighted by molar-refractivity contribution is 6.04. The van der Waals surface area contributed by atoms with Crippen molar-refractivity contribution in [3.8, 4) is 11.4 Å². The zero-order valence-electron chi connectivity index (χ0n) is 13.9. The molecule has 0 saturated heterocycles. The Kier molecular flexibility index (Phi) is 4.88. The number of carbonyl (C=O) groups excluding carboxylic acids is 2. The third-order valence-corrected chi connectivity index (χ3v) is 3.47. The molecule has 0 saturated carbocycles. The Labute approximate surface area is 148 Å². The second kappa shape index (κ2) is 7.43. The summed E-state index contributed by atoms with van der Waals surface area (Å²) in [7, 11) is 0. The van der Waals surface area contributed by atoms with Crippen molar-refractivity contribution >= 4 is 17.5 Å². The molecule has 3 aromatic rings. The topological polar surface area (TPSA) is 125 Å². The first kappa shape index (κ1) is 17.1. The van der Waals surface area contributed by atoms with Crippen LogP contribution in [-0.2, 0) is 4.79 Å². The van der Waals surface area contributed by atoms with Crippen molar-refractivity contribution in [3.05, 3.63) is 59.9 Å². The van der Waals surface area contributed by atoms with E-state index >= 15 is 0 Å². The van der Waals surface area contributed by atoms with Gasteiger partial charge < -0.3 is 15.8 Å². The summed E-state index contributed by atoms with van der Waals surface area (Å²) in [6.07, 6.45) is 0. The lowest BCUT2D eigenvalue weighted by Gasteiger charge is -2.09. The van der Waals surface area contributed by atoms with Crippen LogP contribution in [-0.4, -0.2) is 38.6 Å². The van der Waals surface area contributed by atoms with Crippen LogP contribution in [0.5, 0.6) is 5.75 Å². The number of aromatic nitrogens is 4. The van der Waals surface area contributed by atoms with Crippen LogP contribution in [0.25, 0.3) is 5.69 Å². The summed E-state index contributed by atoms with van der Waals surface area (Å²) >= 11 is 0. The summed E-state index contributed by atoms with van der Waals surface area (Å²) in [5.74, 6) is 0.248. The monoisotopic (exact) mass is 352 g/mol. The molecule has 0 atom stereocenters. The van der Waals surface area contributed by atoms with Gasteiger partial charge in [-0.25, -0.2) is 0 Å².